The smallest absolute Gasteiger partial charge is 0.315 e. The molecule has 118 valence electrons. The predicted octanol–water partition coefficient (Wildman–Crippen LogP) is 2.28. The summed E-state index contributed by atoms with van der Waals surface area (Å²) < 4.78 is 5.54. The van der Waals surface area contributed by atoms with Crippen molar-refractivity contribution in [2.24, 2.45) is 5.41 Å². The van der Waals surface area contributed by atoms with Crippen molar-refractivity contribution in [2.75, 3.05) is 13.7 Å². The third-order valence-corrected chi connectivity index (χ3v) is 5.88. The Morgan fingerprint density at radius 1 is 1.57 bits per heavy atom. The zero-order valence-corrected chi connectivity index (χ0v) is 13.8. The fourth-order valence-electron chi connectivity index (χ4n) is 2.70. The van der Waals surface area contributed by atoms with E-state index in [1.54, 1.807) is 7.11 Å². The van der Waals surface area contributed by atoms with E-state index in [2.05, 4.69) is 31.4 Å². The number of ether oxygens (including phenoxy) is 1. The molecule has 1 fully saturated rings. The van der Waals surface area contributed by atoms with E-state index < -0.39 is 6.10 Å². The second-order valence-electron chi connectivity index (χ2n) is 6.30. The number of carbonyl (C=O) groups is 1. The molecular weight excluding hydrogens is 288 g/mol. The van der Waals surface area contributed by atoms with Crippen molar-refractivity contribution in [1.82, 2.24) is 10.6 Å². The first-order chi connectivity index (χ1) is 9.80. The van der Waals surface area contributed by atoms with Crippen molar-refractivity contribution in [3.05, 3.63) is 22.4 Å². The van der Waals surface area contributed by atoms with Crippen molar-refractivity contribution in [1.29, 1.82) is 0 Å². The molecule has 2 rings (SSSR count). The van der Waals surface area contributed by atoms with Gasteiger partial charge in [0.1, 0.15) is 6.10 Å². The summed E-state index contributed by atoms with van der Waals surface area (Å²) >= 11 is 1.48. The SMILES string of the molecule is CO[C@]1(C)C[C@H](NC(=O)NC[C@H](O)c2cccs2)C1(C)C. The first kappa shape index (κ1) is 16.3. The lowest BCUT2D eigenvalue weighted by Crippen LogP contribution is -2.69. The Morgan fingerprint density at radius 2 is 2.29 bits per heavy atom. The van der Waals surface area contributed by atoms with Gasteiger partial charge in [-0.05, 0) is 24.8 Å². The van der Waals surface area contributed by atoms with Crippen LogP contribution in [0.4, 0.5) is 4.79 Å². The van der Waals surface area contributed by atoms with Crippen molar-refractivity contribution in [2.45, 2.75) is 44.9 Å². The monoisotopic (exact) mass is 312 g/mol. The van der Waals surface area contributed by atoms with Crippen molar-refractivity contribution in [3.8, 4) is 0 Å². The van der Waals surface area contributed by atoms with Gasteiger partial charge in [-0.2, -0.15) is 0 Å². The first-order valence-electron chi connectivity index (χ1n) is 7.11. The molecule has 0 aliphatic heterocycles. The zero-order valence-electron chi connectivity index (χ0n) is 13.0. The number of hydrogen-bond acceptors (Lipinski definition) is 4. The van der Waals surface area contributed by atoms with Gasteiger partial charge < -0.3 is 20.5 Å². The number of methoxy groups -OCH3 is 1. The van der Waals surface area contributed by atoms with Crippen LogP contribution in [-0.2, 0) is 4.74 Å². The van der Waals surface area contributed by atoms with E-state index in [4.69, 9.17) is 4.74 Å². The van der Waals surface area contributed by atoms with E-state index in [1.165, 1.54) is 11.3 Å². The number of aliphatic hydroxyl groups excluding tert-OH is 1. The molecule has 0 saturated heterocycles. The molecule has 0 radical (unpaired) electrons. The molecule has 0 unspecified atom stereocenters. The fraction of sp³-hybridized carbons (Fsp3) is 0.667. The molecule has 21 heavy (non-hydrogen) atoms. The van der Waals surface area contributed by atoms with Crippen LogP contribution in [0.2, 0.25) is 0 Å². The predicted molar refractivity (Wildman–Crippen MR) is 83.4 cm³/mol. The Bertz CT molecular complexity index is 489. The Labute approximate surface area is 129 Å². The molecule has 1 aromatic rings. The normalized spacial score (nSPS) is 28.5. The molecule has 0 aromatic carbocycles. The summed E-state index contributed by atoms with van der Waals surface area (Å²) in [6.07, 6.45) is 0.131. The highest BCUT2D eigenvalue weighted by atomic mass is 32.1. The number of amides is 2. The fourth-order valence-corrected chi connectivity index (χ4v) is 3.41. The summed E-state index contributed by atoms with van der Waals surface area (Å²) in [5.74, 6) is 0. The van der Waals surface area contributed by atoms with Crippen molar-refractivity contribution < 1.29 is 14.6 Å². The highest BCUT2D eigenvalue weighted by molar-refractivity contribution is 7.10. The minimum atomic E-state index is -0.658. The quantitative estimate of drug-likeness (QED) is 0.781. The number of hydrogen-bond donors (Lipinski definition) is 3. The van der Waals surface area contributed by atoms with Gasteiger partial charge in [0.15, 0.2) is 0 Å². The maximum atomic E-state index is 11.9. The maximum Gasteiger partial charge on any atom is 0.315 e. The van der Waals surface area contributed by atoms with Crippen LogP contribution < -0.4 is 10.6 Å². The summed E-state index contributed by atoms with van der Waals surface area (Å²) in [5, 5.41) is 17.5. The van der Waals surface area contributed by atoms with Crippen LogP contribution in [0, 0.1) is 5.41 Å². The Morgan fingerprint density at radius 3 is 2.81 bits per heavy atom. The summed E-state index contributed by atoms with van der Waals surface area (Å²) in [6.45, 7) is 6.45. The van der Waals surface area contributed by atoms with Crippen LogP contribution >= 0.6 is 11.3 Å². The third kappa shape index (κ3) is 3.07. The summed E-state index contributed by atoms with van der Waals surface area (Å²) in [5.41, 5.74) is -0.327. The van der Waals surface area contributed by atoms with Gasteiger partial charge in [0.25, 0.3) is 0 Å². The Hall–Kier alpha value is -1.11. The van der Waals surface area contributed by atoms with E-state index >= 15 is 0 Å². The number of urea groups is 1. The second-order valence-corrected chi connectivity index (χ2v) is 7.28. The molecule has 5 nitrogen and oxygen atoms in total. The zero-order chi connectivity index (χ0) is 15.7. The van der Waals surface area contributed by atoms with Gasteiger partial charge in [-0.15, -0.1) is 11.3 Å². The number of aliphatic hydroxyl groups is 1. The average Bonchev–Trinajstić information content (AvgIpc) is 2.98. The van der Waals surface area contributed by atoms with Gasteiger partial charge in [-0.3, -0.25) is 0 Å². The van der Waals surface area contributed by atoms with Gasteiger partial charge in [-0.25, -0.2) is 4.79 Å². The molecule has 1 saturated carbocycles. The molecule has 1 aromatic heterocycles. The summed E-state index contributed by atoms with van der Waals surface area (Å²) in [7, 11) is 1.70. The topological polar surface area (TPSA) is 70.6 Å². The molecule has 6 heteroatoms. The van der Waals surface area contributed by atoms with Crippen LogP contribution in [0.3, 0.4) is 0 Å². The lowest BCUT2D eigenvalue weighted by Gasteiger charge is -2.59. The van der Waals surface area contributed by atoms with Crippen LogP contribution in [0.5, 0.6) is 0 Å². The van der Waals surface area contributed by atoms with Crippen molar-refractivity contribution >= 4 is 17.4 Å². The first-order valence-corrected chi connectivity index (χ1v) is 7.99. The van der Waals surface area contributed by atoms with Crippen LogP contribution in [0.25, 0.3) is 0 Å². The lowest BCUT2D eigenvalue weighted by atomic mass is 9.56. The number of thiophene rings is 1. The number of nitrogens with one attached hydrogen (secondary N) is 2. The Kier molecular flexibility index (Phi) is 4.60. The standard InChI is InChI=1S/C15H24N2O3S/c1-14(2)12(8-15(14,3)20-4)17-13(19)16-9-10(18)11-6-5-7-21-11/h5-7,10,12,18H,8-9H2,1-4H3,(H2,16,17,19)/t10-,12-,15+/m0/s1. The van der Waals surface area contributed by atoms with Gasteiger partial charge >= 0.3 is 6.03 Å². The Balaban J connectivity index is 1.79. The number of carbonyl (C=O) groups excluding carboxylic acids is 1. The highest BCUT2D eigenvalue weighted by Crippen LogP contribution is 2.51. The minimum absolute atomic E-state index is 0.0707. The molecule has 1 heterocycles. The van der Waals surface area contributed by atoms with Gasteiger partial charge in [-0.1, -0.05) is 19.9 Å². The molecule has 0 bridgehead atoms. The second kappa shape index (κ2) is 5.94. The van der Waals surface area contributed by atoms with Crippen LogP contribution in [0.1, 0.15) is 38.2 Å². The van der Waals surface area contributed by atoms with E-state index in [-0.39, 0.29) is 29.6 Å². The van der Waals surface area contributed by atoms with Crippen LogP contribution in [0.15, 0.2) is 17.5 Å². The van der Waals surface area contributed by atoms with Crippen molar-refractivity contribution in [3.63, 3.8) is 0 Å². The average molecular weight is 312 g/mol. The molecule has 1 aliphatic carbocycles. The van der Waals surface area contributed by atoms with E-state index in [1.807, 2.05) is 17.5 Å². The molecular formula is C15H24N2O3S. The molecule has 3 N–H and O–H groups in total. The minimum Gasteiger partial charge on any atom is -0.386 e. The van der Waals surface area contributed by atoms with Gasteiger partial charge in [0, 0.05) is 23.4 Å². The van der Waals surface area contributed by atoms with Crippen LogP contribution in [-0.4, -0.2) is 36.4 Å². The van der Waals surface area contributed by atoms with Gasteiger partial charge in [0.2, 0.25) is 0 Å². The lowest BCUT2D eigenvalue weighted by molar-refractivity contribution is -0.177. The molecule has 1 aliphatic rings. The highest BCUT2D eigenvalue weighted by Gasteiger charge is 2.58. The van der Waals surface area contributed by atoms with E-state index in [9.17, 15) is 9.90 Å². The molecule has 2 amide bonds. The third-order valence-electron chi connectivity index (χ3n) is 4.91. The van der Waals surface area contributed by atoms with E-state index in [0.29, 0.717) is 0 Å². The van der Waals surface area contributed by atoms with Gasteiger partial charge in [0.05, 0.1) is 12.1 Å². The van der Waals surface area contributed by atoms with E-state index in [0.717, 1.165) is 11.3 Å². The summed E-state index contributed by atoms with van der Waals surface area (Å²) in [6, 6.07) is 3.56. The largest absolute Gasteiger partial charge is 0.386 e. The maximum absolute atomic E-state index is 11.9. The molecule has 0 spiro atoms. The molecule has 3 atom stereocenters. The number of rotatable bonds is 5. The summed E-state index contributed by atoms with van der Waals surface area (Å²) in [4.78, 5) is 12.8.